The Morgan fingerprint density at radius 1 is 1.28 bits per heavy atom. The summed E-state index contributed by atoms with van der Waals surface area (Å²) in [6, 6.07) is 9.17. The van der Waals surface area contributed by atoms with Gasteiger partial charge in [0.1, 0.15) is 0 Å². The zero-order chi connectivity index (χ0) is 17.4. The highest BCUT2D eigenvalue weighted by Gasteiger charge is 2.39. The molecule has 25 heavy (non-hydrogen) atoms. The Morgan fingerprint density at radius 3 is 2.80 bits per heavy atom. The van der Waals surface area contributed by atoms with E-state index in [0.29, 0.717) is 19.0 Å². The van der Waals surface area contributed by atoms with Gasteiger partial charge in [-0.2, -0.15) is 0 Å². The Morgan fingerprint density at radius 2 is 2.08 bits per heavy atom. The molecule has 4 rings (SSSR count). The lowest BCUT2D eigenvalue weighted by molar-refractivity contribution is -0.135. The number of aryl methyl sites for hydroxylation is 2. The predicted molar refractivity (Wildman–Crippen MR) is 99.9 cm³/mol. The molecule has 1 aromatic carbocycles. The van der Waals surface area contributed by atoms with Crippen molar-refractivity contribution in [3.05, 3.63) is 56.1 Å². The third-order valence-corrected chi connectivity index (χ3v) is 6.31. The fourth-order valence-corrected chi connectivity index (χ4v) is 4.77. The van der Waals surface area contributed by atoms with Crippen LogP contribution in [0.15, 0.2) is 34.4 Å². The van der Waals surface area contributed by atoms with Crippen LogP contribution >= 0.6 is 11.3 Å². The molecule has 0 N–H and O–H groups in total. The number of hydrogen-bond acceptors (Lipinski definition) is 3. The van der Waals surface area contributed by atoms with E-state index in [1.165, 1.54) is 22.5 Å². The molecule has 1 amide bonds. The van der Waals surface area contributed by atoms with E-state index in [-0.39, 0.29) is 16.8 Å². The topological polar surface area (TPSA) is 42.3 Å². The number of carbonyl (C=O) groups excluding carboxylic acids is 1. The number of thiazole rings is 1. The summed E-state index contributed by atoms with van der Waals surface area (Å²) in [6.45, 7) is 2.42. The standard InChI is InChI=1S/C20H24N2O2S/c1-14-13-25-20(24)21(14)12-11-19(23)22(16-9-10-16)18-8-4-6-15-5-2-3-7-17(15)18/h2-3,5,7,13,16,18H,4,6,8-12H2,1H3. The van der Waals surface area contributed by atoms with Crippen molar-refractivity contribution in [2.24, 2.45) is 0 Å². The monoisotopic (exact) mass is 356 g/mol. The molecule has 1 atom stereocenters. The lowest BCUT2D eigenvalue weighted by Crippen LogP contribution is -2.39. The largest absolute Gasteiger partial charge is 0.333 e. The molecule has 5 heteroatoms. The summed E-state index contributed by atoms with van der Waals surface area (Å²) in [5.41, 5.74) is 3.67. The molecule has 1 fully saturated rings. The molecule has 2 aliphatic carbocycles. The molecule has 1 saturated carbocycles. The van der Waals surface area contributed by atoms with Gasteiger partial charge in [0.15, 0.2) is 0 Å². The third-order valence-electron chi connectivity index (χ3n) is 5.43. The molecule has 4 nitrogen and oxygen atoms in total. The molecule has 1 aromatic heterocycles. The van der Waals surface area contributed by atoms with Gasteiger partial charge < -0.3 is 9.47 Å². The molecule has 0 radical (unpaired) electrons. The highest BCUT2D eigenvalue weighted by Crippen LogP contribution is 2.41. The Balaban J connectivity index is 1.54. The average Bonchev–Trinajstić information content (AvgIpc) is 3.40. The van der Waals surface area contributed by atoms with Gasteiger partial charge in [-0.15, -0.1) is 0 Å². The van der Waals surface area contributed by atoms with Crippen molar-refractivity contribution < 1.29 is 4.79 Å². The minimum atomic E-state index is 0.0336. The van der Waals surface area contributed by atoms with Crippen LogP contribution in [0.1, 0.15) is 55.0 Å². The molecule has 132 valence electrons. The van der Waals surface area contributed by atoms with Crippen LogP contribution in [0, 0.1) is 6.92 Å². The first-order chi connectivity index (χ1) is 12.1. The van der Waals surface area contributed by atoms with Gasteiger partial charge in [0, 0.05) is 30.1 Å². The minimum Gasteiger partial charge on any atom is -0.333 e. The molecule has 0 saturated heterocycles. The number of rotatable bonds is 5. The highest BCUT2D eigenvalue weighted by molar-refractivity contribution is 7.07. The Hall–Kier alpha value is -1.88. The zero-order valence-corrected chi connectivity index (χ0v) is 15.4. The maximum atomic E-state index is 13.1. The fourth-order valence-electron chi connectivity index (χ4n) is 4.01. The van der Waals surface area contributed by atoms with Gasteiger partial charge in [0.25, 0.3) is 0 Å². The normalized spacial score (nSPS) is 19.5. The van der Waals surface area contributed by atoms with E-state index in [4.69, 9.17) is 0 Å². The van der Waals surface area contributed by atoms with E-state index < -0.39 is 0 Å². The molecule has 0 spiro atoms. The van der Waals surface area contributed by atoms with Crippen molar-refractivity contribution >= 4 is 17.2 Å². The van der Waals surface area contributed by atoms with Crippen LogP contribution in [-0.4, -0.2) is 21.4 Å². The van der Waals surface area contributed by atoms with Gasteiger partial charge in [0.05, 0.1) is 6.04 Å². The number of fused-ring (bicyclic) bond motifs is 1. The first-order valence-corrected chi connectivity index (χ1v) is 10.1. The molecular weight excluding hydrogens is 332 g/mol. The zero-order valence-electron chi connectivity index (χ0n) is 14.6. The van der Waals surface area contributed by atoms with Crippen LogP contribution < -0.4 is 4.87 Å². The molecule has 1 unspecified atom stereocenters. The quantitative estimate of drug-likeness (QED) is 0.820. The molecule has 2 aliphatic rings. The fraction of sp³-hybridized carbons (Fsp3) is 0.500. The summed E-state index contributed by atoms with van der Waals surface area (Å²) in [5.74, 6) is 0.196. The second-order valence-corrected chi connectivity index (χ2v) is 8.00. The van der Waals surface area contributed by atoms with Crippen molar-refractivity contribution in [3.8, 4) is 0 Å². The second kappa shape index (κ2) is 6.79. The van der Waals surface area contributed by atoms with Crippen LogP contribution in [0.2, 0.25) is 0 Å². The van der Waals surface area contributed by atoms with Crippen molar-refractivity contribution in [1.29, 1.82) is 0 Å². The van der Waals surface area contributed by atoms with E-state index in [9.17, 15) is 9.59 Å². The lowest BCUT2D eigenvalue weighted by atomic mass is 9.86. The number of aromatic nitrogens is 1. The van der Waals surface area contributed by atoms with Crippen molar-refractivity contribution in [2.45, 2.75) is 64.1 Å². The maximum absolute atomic E-state index is 13.1. The maximum Gasteiger partial charge on any atom is 0.307 e. The van der Waals surface area contributed by atoms with Gasteiger partial charge in [-0.1, -0.05) is 35.6 Å². The van der Waals surface area contributed by atoms with E-state index >= 15 is 0 Å². The Bertz CT molecular complexity index is 834. The molecular formula is C20H24N2O2S. The highest BCUT2D eigenvalue weighted by atomic mass is 32.1. The van der Waals surface area contributed by atoms with Gasteiger partial charge in [-0.3, -0.25) is 9.59 Å². The van der Waals surface area contributed by atoms with E-state index in [2.05, 4.69) is 29.2 Å². The smallest absolute Gasteiger partial charge is 0.307 e. The van der Waals surface area contributed by atoms with Crippen LogP contribution in [0.5, 0.6) is 0 Å². The summed E-state index contributed by atoms with van der Waals surface area (Å²) >= 11 is 1.21. The first kappa shape index (κ1) is 16.6. The van der Waals surface area contributed by atoms with Crippen LogP contribution in [0.25, 0.3) is 0 Å². The second-order valence-electron chi connectivity index (χ2n) is 7.18. The summed E-state index contributed by atoms with van der Waals surface area (Å²) in [7, 11) is 0. The van der Waals surface area contributed by atoms with Crippen molar-refractivity contribution in [1.82, 2.24) is 9.47 Å². The summed E-state index contributed by atoms with van der Waals surface area (Å²) < 4.78 is 1.72. The molecule has 0 bridgehead atoms. The third kappa shape index (κ3) is 3.30. The number of carbonyl (C=O) groups is 1. The Kier molecular flexibility index (Phi) is 4.50. The summed E-state index contributed by atoms with van der Waals surface area (Å²) in [6.07, 6.45) is 5.94. The van der Waals surface area contributed by atoms with Crippen molar-refractivity contribution in [2.75, 3.05) is 0 Å². The average molecular weight is 356 g/mol. The Labute approximate surface area is 152 Å². The van der Waals surface area contributed by atoms with Crippen molar-refractivity contribution in [3.63, 3.8) is 0 Å². The van der Waals surface area contributed by atoms with Gasteiger partial charge in [-0.25, -0.2) is 0 Å². The number of amides is 1. The summed E-state index contributed by atoms with van der Waals surface area (Å²) in [4.78, 5) is 27.1. The number of hydrogen-bond donors (Lipinski definition) is 0. The molecule has 2 aromatic rings. The molecule has 1 heterocycles. The predicted octanol–water partition coefficient (Wildman–Crippen LogP) is 3.68. The number of nitrogens with zero attached hydrogens (tertiary/aromatic N) is 2. The van der Waals surface area contributed by atoms with Crippen LogP contribution in [-0.2, 0) is 17.8 Å². The summed E-state index contributed by atoms with van der Waals surface area (Å²) in [5, 5.41) is 1.86. The first-order valence-electron chi connectivity index (χ1n) is 9.19. The minimum absolute atomic E-state index is 0.0336. The lowest BCUT2D eigenvalue weighted by Gasteiger charge is -2.36. The van der Waals surface area contributed by atoms with E-state index in [0.717, 1.165) is 37.8 Å². The van der Waals surface area contributed by atoms with Crippen LogP contribution in [0.3, 0.4) is 0 Å². The van der Waals surface area contributed by atoms with Crippen LogP contribution in [0.4, 0.5) is 0 Å². The van der Waals surface area contributed by atoms with Gasteiger partial charge >= 0.3 is 4.87 Å². The van der Waals surface area contributed by atoms with E-state index in [1.807, 2.05) is 12.3 Å². The van der Waals surface area contributed by atoms with E-state index in [1.54, 1.807) is 4.57 Å². The van der Waals surface area contributed by atoms with Gasteiger partial charge in [-0.05, 0) is 50.2 Å². The number of benzene rings is 1. The van der Waals surface area contributed by atoms with Gasteiger partial charge in [0.2, 0.25) is 5.91 Å². The molecule has 0 aliphatic heterocycles. The SMILES string of the molecule is Cc1csc(=O)n1CCC(=O)N(C1CC1)C1CCCc2ccccc21.